The minimum Gasteiger partial charge on any atom is -0.439 e. The topological polar surface area (TPSA) is 82.6 Å². The van der Waals surface area contributed by atoms with E-state index in [9.17, 15) is 18.0 Å². The molecular weight excluding hydrogens is 485 g/mol. The third kappa shape index (κ3) is 6.74. The number of carbonyl (C=O) groups is 1. The SMILES string of the molecule is CN1CCN(c2cc(NC(=O)Nc3ccc(Oc4cc(Cl)ncn4)cc3)cc(C(F)(F)F)c2)CC1. The fourth-order valence-electron chi connectivity index (χ4n) is 3.49. The van der Waals surface area contributed by atoms with E-state index < -0.39 is 17.8 Å². The van der Waals surface area contributed by atoms with E-state index >= 15 is 0 Å². The van der Waals surface area contributed by atoms with Crippen molar-refractivity contribution < 1.29 is 22.7 Å². The summed E-state index contributed by atoms with van der Waals surface area (Å²) in [5, 5.41) is 5.33. The molecule has 1 fully saturated rings. The van der Waals surface area contributed by atoms with Crippen LogP contribution in [0.25, 0.3) is 0 Å². The molecule has 0 atom stereocenters. The van der Waals surface area contributed by atoms with E-state index in [1.165, 1.54) is 12.4 Å². The second-order valence-electron chi connectivity index (χ2n) is 7.94. The molecule has 4 rings (SSSR count). The summed E-state index contributed by atoms with van der Waals surface area (Å²) in [6, 6.07) is 10.7. The normalized spacial score (nSPS) is 14.5. The van der Waals surface area contributed by atoms with Crippen LogP contribution in [0.2, 0.25) is 5.15 Å². The smallest absolute Gasteiger partial charge is 0.416 e. The number of urea groups is 1. The van der Waals surface area contributed by atoms with E-state index in [-0.39, 0.29) is 16.7 Å². The predicted octanol–water partition coefficient (Wildman–Crippen LogP) is 5.34. The first-order chi connectivity index (χ1) is 16.7. The van der Waals surface area contributed by atoms with Gasteiger partial charge in [0.2, 0.25) is 5.88 Å². The Balaban J connectivity index is 1.43. The number of anilines is 3. The van der Waals surface area contributed by atoms with Gasteiger partial charge < -0.3 is 25.2 Å². The predicted molar refractivity (Wildman–Crippen MR) is 127 cm³/mol. The second kappa shape index (κ2) is 10.4. The molecule has 0 bridgehead atoms. The molecule has 0 aliphatic carbocycles. The molecule has 2 amide bonds. The lowest BCUT2D eigenvalue weighted by atomic mass is 10.1. The van der Waals surface area contributed by atoms with Gasteiger partial charge in [-0.15, -0.1) is 0 Å². The average Bonchev–Trinajstić information content (AvgIpc) is 2.80. The number of aromatic nitrogens is 2. The van der Waals surface area contributed by atoms with Crippen LogP contribution in [-0.4, -0.2) is 54.1 Å². The molecule has 2 heterocycles. The van der Waals surface area contributed by atoms with Crippen molar-refractivity contribution in [2.24, 2.45) is 0 Å². The van der Waals surface area contributed by atoms with Gasteiger partial charge in [0.05, 0.1) is 5.56 Å². The van der Waals surface area contributed by atoms with Crippen molar-refractivity contribution >= 4 is 34.7 Å². The Kier molecular flexibility index (Phi) is 7.27. The number of likely N-dealkylation sites (N-methyl/N-ethyl adjacent to an activating group) is 1. The molecule has 8 nitrogen and oxygen atoms in total. The molecule has 12 heteroatoms. The first-order valence-electron chi connectivity index (χ1n) is 10.6. The Hall–Kier alpha value is -3.57. The van der Waals surface area contributed by atoms with E-state index in [1.54, 1.807) is 30.3 Å². The highest BCUT2D eigenvalue weighted by atomic mass is 35.5. The first kappa shape index (κ1) is 24.6. The number of ether oxygens (including phenoxy) is 1. The maximum atomic E-state index is 13.5. The summed E-state index contributed by atoms with van der Waals surface area (Å²) >= 11 is 5.80. The highest BCUT2D eigenvalue weighted by Gasteiger charge is 2.32. The van der Waals surface area contributed by atoms with Gasteiger partial charge in [0, 0.05) is 49.3 Å². The van der Waals surface area contributed by atoms with Crippen LogP contribution in [0.3, 0.4) is 0 Å². The summed E-state index contributed by atoms with van der Waals surface area (Å²) in [6.45, 7) is 2.67. The quantitative estimate of drug-likeness (QED) is 0.455. The van der Waals surface area contributed by atoms with E-state index in [2.05, 4.69) is 25.5 Å². The van der Waals surface area contributed by atoms with Crippen molar-refractivity contribution in [2.45, 2.75) is 6.18 Å². The van der Waals surface area contributed by atoms with E-state index in [0.717, 1.165) is 25.2 Å². The number of rotatable bonds is 5. The summed E-state index contributed by atoms with van der Waals surface area (Å²) in [6.07, 6.45) is -3.28. The minimum absolute atomic E-state index is 0.0480. The number of hydrogen-bond acceptors (Lipinski definition) is 6. The maximum Gasteiger partial charge on any atom is 0.416 e. The summed E-state index contributed by atoms with van der Waals surface area (Å²) < 4.78 is 46.0. The molecule has 0 unspecified atom stereocenters. The lowest BCUT2D eigenvalue weighted by Gasteiger charge is -2.34. The first-order valence-corrected chi connectivity index (χ1v) is 11.0. The van der Waals surface area contributed by atoms with Crippen LogP contribution in [0.5, 0.6) is 11.6 Å². The second-order valence-corrected chi connectivity index (χ2v) is 8.33. The molecule has 0 spiro atoms. The number of benzene rings is 2. The number of nitrogens with one attached hydrogen (secondary N) is 2. The van der Waals surface area contributed by atoms with Gasteiger partial charge in [0.25, 0.3) is 0 Å². The van der Waals surface area contributed by atoms with Crippen molar-refractivity contribution in [2.75, 3.05) is 48.8 Å². The summed E-state index contributed by atoms with van der Waals surface area (Å²) in [4.78, 5) is 24.2. The third-order valence-electron chi connectivity index (χ3n) is 5.31. The molecule has 2 N–H and O–H groups in total. The molecule has 0 radical (unpaired) electrons. The standard InChI is InChI=1S/C23H22ClF3N6O2/c1-32-6-8-33(9-7-32)18-11-15(23(25,26)27)10-17(12-18)31-22(34)30-16-2-4-19(5-3-16)35-21-13-20(24)28-14-29-21/h2-5,10-14H,6-9H2,1H3,(H2,30,31,34). The van der Waals surface area contributed by atoms with Crippen LogP contribution in [0, 0.1) is 0 Å². The van der Waals surface area contributed by atoms with Gasteiger partial charge in [0.15, 0.2) is 0 Å². The molecule has 1 aliphatic rings. The Morgan fingerprint density at radius 2 is 1.66 bits per heavy atom. The lowest BCUT2D eigenvalue weighted by molar-refractivity contribution is -0.137. The highest BCUT2D eigenvalue weighted by molar-refractivity contribution is 6.29. The van der Waals surface area contributed by atoms with Gasteiger partial charge in [-0.3, -0.25) is 0 Å². The van der Waals surface area contributed by atoms with Crippen LogP contribution in [0.15, 0.2) is 54.9 Å². The summed E-state index contributed by atoms with van der Waals surface area (Å²) in [7, 11) is 1.96. The maximum absolute atomic E-state index is 13.5. The van der Waals surface area contributed by atoms with Crippen molar-refractivity contribution in [3.05, 3.63) is 65.6 Å². The Morgan fingerprint density at radius 3 is 2.31 bits per heavy atom. The van der Waals surface area contributed by atoms with Crippen LogP contribution in [0.4, 0.5) is 35.0 Å². The number of halogens is 4. The number of alkyl halides is 3. The number of carbonyl (C=O) groups excluding carboxylic acids is 1. The average molecular weight is 507 g/mol. The van der Waals surface area contributed by atoms with Crippen LogP contribution < -0.4 is 20.3 Å². The van der Waals surface area contributed by atoms with Gasteiger partial charge >= 0.3 is 12.2 Å². The van der Waals surface area contributed by atoms with Crippen LogP contribution >= 0.6 is 11.6 Å². The fourth-order valence-corrected chi connectivity index (χ4v) is 3.62. The van der Waals surface area contributed by atoms with E-state index in [0.29, 0.717) is 30.2 Å². The van der Waals surface area contributed by atoms with Gasteiger partial charge in [-0.2, -0.15) is 13.2 Å². The van der Waals surface area contributed by atoms with Crippen LogP contribution in [-0.2, 0) is 6.18 Å². The summed E-state index contributed by atoms with van der Waals surface area (Å²) in [5.41, 5.74) is 0.0544. The largest absolute Gasteiger partial charge is 0.439 e. The molecule has 184 valence electrons. The molecule has 0 saturated carbocycles. The number of amides is 2. The zero-order valence-corrected chi connectivity index (χ0v) is 19.4. The zero-order valence-electron chi connectivity index (χ0n) is 18.6. The number of piperazine rings is 1. The molecule has 3 aromatic rings. The monoisotopic (exact) mass is 506 g/mol. The molecule has 2 aromatic carbocycles. The Labute approximate surface area is 204 Å². The minimum atomic E-state index is -4.54. The highest BCUT2D eigenvalue weighted by Crippen LogP contribution is 2.35. The Bertz CT molecular complexity index is 1180. The zero-order chi connectivity index (χ0) is 25.0. The van der Waals surface area contributed by atoms with Crippen molar-refractivity contribution in [1.82, 2.24) is 14.9 Å². The lowest BCUT2D eigenvalue weighted by Crippen LogP contribution is -2.44. The fraction of sp³-hybridized carbons (Fsp3) is 0.261. The molecule has 1 aromatic heterocycles. The van der Waals surface area contributed by atoms with Gasteiger partial charge in [-0.1, -0.05) is 11.6 Å². The van der Waals surface area contributed by atoms with E-state index in [4.69, 9.17) is 16.3 Å². The number of hydrogen-bond donors (Lipinski definition) is 2. The van der Waals surface area contributed by atoms with Crippen molar-refractivity contribution in [3.63, 3.8) is 0 Å². The van der Waals surface area contributed by atoms with E-state index in [1.807, 2.05) is 11.9 Å². The molecule has 35 heavy (non-hydrogen) atoms. The van der Waals surface area contributed by atoms with Gasteiger partial charge in [0.1, 0.15) is 17.2 Å². The third-order valence-corrected chi connectivity index (χ3v) is 5.52. The molecule has 1 aliphatic heterocycles. The number of nitrogens with zero attached hydrogens (tertiary/aromatic N) is 4. The Morgan fingerprint density at radius 1 is 0.971 bits per heavy atom. The molecular formula is C23H22ClF3N6O2. The summed E-state index contributed by atoms with van der Waals surface area (Å²) in [5.74, 6) is 0.699. The van der Waals surface area contributed by atoms with Gasteiger partial charge in [-0.25, -0.2) is 14.8 Å². The van der Waals surface area contributed by atoms with Crippen molar-refractivity contribution in [1.29, 1.82) is 0 Å². The van der Waals surface area contributed by atoms with Crippen LogP contribution in [0.1, 0.15) is 5.56 Å². The molecule has 1 saturated heterocycles. The van der Waals surface area contributed by atoms with Crippen molar-refractivity contribution in [3.8, 4) is 11.6 Å². The van der Waals surface area contributed by atoms with Gasteiger partial charge in [-0.05, 0) is 49.5 Å².